The zero-order valence-corrected chi connectivity index (χ0v) is 12.7. The monoisotopic (exact) mass is 299 g/mol. The van der Waals surface area contributed by atoms with E-state index in [9.17, 15) is 9.59 Å². The van der Waals surface area contributed by atoms with E-state index in [-0.39, 0.29) is 5.91 Å². The largest absolute Gasteiger partial charge is 0.480 e. The lowest BCUT2D eigenvalue weighted by Gasteiger charge is -2.25. The van der Waals surface area contributed by atoms with Crippen LogP contribution >= 0.6 is 0 Å². The van der Waals surface area contributed by atoms with Gasteiger partial charge in [-0.25, -0.2) is 4.79 Å². The molecule has 0 aromatic carbocycles. The second-order valence-electron chi connectivity index (χ2n) is 6.03. The number of carbonyl (C=O) groups is 2. The van der Waals surface area contributed by atoms with Crippen molar-refractivity contribution >= 4 is 11.9 Å². The molecule has 0 bridgehead atoms. The van der Waals surface area contributed by atoms with Crippen molar-refractivity contribution in [1.82, 2.24) is 5.32 Å². The summed E-state index contributed by atoms with van der Waals surface area (Å²) in [4.78, 5) is 23.2. The molecule has 0 spiro atoms. The van der Waals surface area contributed by atoms with Crippen molar-refractivity contribution in [1.29, 1.82) is 0 Å². The van der Waals surface area contributed by atoms with E-state index >= 15 is 0 Å². The topological polar surface area (TPSA) is 118 Å². The molecule has 0 radical (unpaired) electrons. The highest BCUT2D eigenvalue weighted by Gasteiger charge is 2.25. The van der Waals surface area contributed by atoms with Gasteiger partial charge in [0.15, 0.2) is 0 Å². The maximum atomic E-state index is 12.0. The second-order valence-corrected chi connectivity index (χ2v) is 6.03. The van der Waals surface area contributed by atoms with E-state index in [1.165, 1.54) is 19.3 Å². The molecule has 0 saturated heterocycles. The zero-order valence-electron chi connectivity index (χ0n) is 12.7. The molecule has 6 heteroatoms. The van der Waals surface area contributed by atoms with Crippen molar-refractivity contribution in [3.05, 3.63) is 0 Å². The molecular formula is C15H29N3O3. The lowest BCUT2D eigenvalue weighted by atomic mass is 9.85. The van der Waals surface area contributed by atoms with Gasteiger partial charge in [-0.1, -0.05) is 32.1 Å². The summed E-state index contributed by atoms with van der Waals surface area (Å²) in [5.41, 5.74) is 11.3. The Hall–Kier alpha value is -1.14. The lowest BCUT2D eigenvalue weighted by molar-refractivity contribution is -0.142. The fourth-order valence-corrected chi connectivity index (χ4v) is 2.92. The van der Waals surface area contributed by atoms with Crippen molar-refractivity contribution in [3.8, 4) is 0 Å². The summed E-state index contributed by atoms with van der Waals surface area (Å²) in [6.07, 6.45) is 8.42. The van der Waals surface area contributed by atoms with E-state index in [2.05, 4.69) is 5.32 Å². The van der Waals surface area contributed by atoms with E-state index in [0.717, 1.165) is 19.3 Å². The maximum Gasteiger partial charge on any atom is 0.326 e. The van der Waals surface area contributed by atoms with E-state index in [4.69, 9.17) is 16.6 Å². The van der Waals surface area contributed by atoms with Gasteiger partial charge in [-0.15, -0.1) is 0 Å². The molecule has 0 heterocycles. The number of aliphatic carboxylic acids is 1. The van der Waals surface area contributed by atoms with Gasteiger partial charge in [0.25, 0.3) is 0 Å². The Kier molecular flexibility index (Phi) is 8.30. The van der Waals surface area contributed by atoms with Gasteiger partial charge in [0, 0.05) is 0 Å². The molecule has 2 atom stereocenters. The number of hydrogen-bond donors (Lipinski definition) is 4. The first-order chi connectivity index (χ1) is 10.0. The number of amides is 1. The molecule has 1 amide bonds. The standard InChI is InChI=1S/C15H29N3O3/c16-9-5-4-8-13(15(20)21)18-14(19)12(17)10-11-6-2-1-3-7-11/h11-13H,1-10,16-17H2,(H,18,19)(H,20,21)/t12-,13-/m0/s1. The molecule has 0 aromatic heterocycles. The number of hydrogen-bond acceptors (Lipinski definition) is 4. The van der Waals surface area contributed by atoms with E-state index in [0.29, 0.717) is 31.7 Å². The van der Waals surface area contributed by atoms with E-state index in [1.54, 1.807) is 0 Å². The summed E-state index contributed by atoms with van der Waals surface area (Å²) < 4.78 is 0. The summed E-state index contributed by atoms with van der Waals surface area (Å²) in [5, 5.41) is 11.7. The van der Waals surface area contributed by atoms with Crippen molar-refractivity contribution in [2.24, 2.45) is 17.4 Å². The molecule has 21 heavy (non-hydrogen) atoms. The van der Waals surface area contributed by atoms with Crippen LogP contribution in [-0.4, -0.2) is 35.6 Å². The first-order valence-corrected chi connectivity index (χ1v) is 8.03. The Morgan fingerprint density at radius 1 is 1.19 bits per heavy atom. The van der Waals surface area contributed by atoms with Crippen LogP contribution < -0.4 is 16.8 Å². The Morgan fingerprint density at radius 3 is 2.43 bits per heavy atom. The number of nitrogens with one attached hydrogen (secondary N) is 1. The van der Waals surface area contributed by atoms with Crippen LogP contribution in [0, 0.1) is 5.92 Å². The second kappa shape index (κ2) is 9.73. The van der Waals surface area contributed by atoms with Gasteiger partial charge in [-0.2, -0.15) is 0 Å². The molecule has 6 N–H and O–H groups in total. The molecule has 0 aliphatic heterocycles. The molecule has 0 unspecified atom stereocenters. The van der Waals surface area contributed by atoms with Gasteiger partial charge >= 0.3 is 5.97 Å². The highest BCUT2D eigenvalue weighted by molar-refractivity contribution is 5.86. The smallest absolute Gasteiger partial charge is 0.326 e. The summed E-state index contributed by atoms with van der Waals surface area (Å²) in [5.74, 6) is -0.856. The fraction of sp³-hybridized carbons (Fsp3) is 0.867. The van der Waals surface area contributed by atoms with Crippen LogP contribution in [0.4, 0.5) is 0 Å². The van der Waals surface area contributed by atoms with Gasteiger partial charge in [-0.05, 0) is 38.1 Å². The number of nitrogens with two attached hydrogens (primary N) is 2. The van der Waals surface area contributed by atoms with Crippen molar-refractivity contribution in [2.75, 3.05) is 6.54 Å². The van der Waals surface area contributed by atoms with Gasteiger partial charge in [-0.3, -0.25) is 4.79 Å². The third-order valence-electron chi connectivity index (χ3n) is 4.21. The molecule has 1 rings (SSSR count). The molecule has 1 aliphatic carbocycles. The van der Waals surface area contributed by atoms with Crippen LogP contribution in [0.25, 0.3) is 0 Å². The molecule has 1 fully saturated rings. The summed E-state index contributed by atoms with van der Waals surface area (Å²) in [6.45, 7) is 0.529. The predicted octanol–water partition coefficient (Wildman–Crippen LogP) is 0.983. The zero-order chi connectivity index (χ0) is 15.7. The summed E-state index contributed by atoms with van der Waals surface area (Å²) in [7, 11) is 0. The third kappa shape index (κ3) is 6.91. The molecule has 6 nitrogen and oxygen atoms in total. The minimum Gasteiger partial charge on any atom is -0.480 e. The van der Waals surface area contributed by atoms with Crippen LogP contribution in [0.1, 0.15) is 57.8 Å². The highest BCUT2D eigenvalue weighted by Crippen LogP contribution is 2.26. The molecule has 122 valence electrons. The summed E-state index contributed by atoms with van der Waals surface area (Å²) in [6, 6.07) is -1.47. The number of unbranched alkanes of at least 4 members (excludes halogenated alkanes) is 1. The van der Waals surface area contributed by atoms with Crippen LogP contribution in [0.15, 0.2) is 0 Å². The van der Waals surface area contributed by atoms with Crippen LogP contribution in [0.2, 0.25) is 0 Å². The third-order valence-corrected chi connectivity index (χ3v) is 4.21. The quantitative estimate of drug-likeness (QED) is 0.473. The Bertz CT molecular complexity index is 330. The highest BCUT2D eigenvalue weighted by atomic mass is 16.4. The number of rotatable bonds is 9. The summed E-state index contributed by atoms with van der Waals surface area (Å²) >= 11 is 0. The first kappa shape index (κ1) is 17.9. The molecule has 0 aromatic rings. The maximum absolute atomic E-state index is 12.0. The SMILES string of the molecule is NCCCC[C@H](NC(=O)[C@@H](N)CC1CCCCC1)C(=O)O. The number of carboxylic acid groups (broad SMARTS) is 1. The average Bonchev–Trinajstić information content (AvgIpc) is 2.47. The minimum atomic E-state index is -1.01. The van der Waals surface area contributed by atoms with Crippen LogP contribution in [0.5, 0.6) is 0 Å². The van der Waals surface area contributed by atoms with Crippen molar-refractivity contribution < 1.29 is 14.7 Å². The van der Waals surface area contributed by atoms with E-state index < -0.39 is 18.1 Å². The number of carbonyl (C=O) groups excluding carboxylic acids is 1. The van der Waals surface area contributed by atoms with Crippen LogP contribution in [0.3, 0.4) is 0 Å². The van der Waals surface area contributed by atoms with Crippen molar-refractivity contribution in [2.45, 2.75) is 69.9 Å². The normalized spacial score (nSPS) is 19.0. The Morgan fingerprint density at radius 2 is 1.86 bits per heavy atom. The predicted molar refractivity (Wildman–Crippen MR) is 81.6 cm³/mol. The fourth-order valence-electron chi connectivity index (χ4n) is 2.92. The van der Waals surface area contributed by atoms with Gasteiger partial charge in [0.1, 0.15) is 6.04 Å². The van der Waals surface area contributed by atoms with Crippen LogP contribution in [-0.2, 0) is 9.59 Å². The van der Waals surface area contributed by atoms with Gasteiger partial charge in [0.2, 0.25) is 5.91 Å². The molecular weight excluding hydrogens is 270 g/mol. The lowest BCUT2D eigenvalue weighted by Crippen LogP contribution is -2.49. The first-order valence-electron chi connectivity index (χ1n) is 8.03. The Labute approximate surface area is 126 Å². The van der Waals surface area contributed by atoms with E-state index in [1.807, 2.05) is 0 Å². The van der Waals surface area contributed by atoms with Crippen molar-refractivity contribution in [3.63, 3.8) is 0 Å². The Balaban J connectivity index is 2.38. The number of carboxylic acids is 1. The molecule has 1 aliphatic rings. The van der Waals surface area contributed by atoms with Gasteiger partial charge in [0.05, 0.1) is 6.04 Å². The van der Waals surface area contributed by atoms with Gasteiger partial charge < -0.3 is 21.9 Å². The average molecular weight is 299 g/mol. The minimum absolute atomic E-state index is 0.347. The molecule has 1 saturated carbocycles.